The Hall–Kier alpha value is -2.04. The first-order chi connectivity index (χ1) is 10.1. The highest BCUT2D eigenvalue weighted by Gasteiger charge is 2.28. The van der Waals surface area contributed by atoms with Gasteiger partial charge in [-0.25, -0.2) is 0 Å². The topological polar surface area (TPSA) is 87.7 Å². The first-order valence-corrected chi connectivity index (χ1v) is 7.46. The first kappa shape index (κ1) is 15.4. The second-order valence-corrected chi connectivity index (χ2v) is 5.74. The molecule has 114 valence electrons. The van der Waals surface area contributed by atoms with Crippen LogP contribution in [0.3, 0.4) is 0 Å². The van der Waals surface area contributed by atoms with Crippen LogP contribution >= 0.6 is 0 Å². The van der Waals surface area contributed by atoms with Gasteiger partial charge in [0.25, 0.3) is 5.91 Å². The normalized spacial score (nSPS) is 18.2. The second kappa shape index (κ2) is 7.11. The number of benzene rings is 1. The third kappa shape index (κ3) is 3.97. The smallest absolute Gasteiger partial charge is 0.251 e. The zero-order valence-corrected chi connectivity index (χ0v) is 12.4. The summed E-state index contributed by atoms with van der Waals surface area (Å²) >= 11 is 0. The summed E-state index contributed by atoms with van der Waals surface area (Å²) in [6.45, 7) is 1.94. The highest BCUT2D eigenvalue weighted by Crippen LogP contribution is 2.26. The van der Waals surface area contributed by atoms with Crippen LogP contribution in [0.1, 0.15) is 48.0 Å². The van der Waals surface area contributed by atoms with Gasteiger partial charge in [-0.1, -0.05) is 42.1 Å². The van der Waals surface area contributed by atoms with Crippen molar-refractivity contribution < 1.29 is 10.0 Å². The number of carbonyl (C=O) groups excluding carboxylic acids is 1. The molecule has 5 nitrogen and oxygen atoms in total. The molecule has 1 aromatic rings. The summed E-state index contributed by atoms with van der Waals surface area (Å²) in [5.74, 6) is 0.146. The van der Waals surface area contributed by atoms with Crippen molar-refractivity contribution in [2.24, 2.45) is 16.8 Å². The van der Waals surface area contributed by atoms with Crippen LogP contribution in [-0.4, -0.2) is 23.0 Å². The minimum absolute atomic E-state index is 0.0860. The van der Waals surface area contributed by atoms with Gasteiger partial charge in [0.2, 0.25) is 0 Å². The standard InChI is InChI=1S/C16H23N3O2/c1-11-6-5-9-13(10-11)16(20)18-14(15(17)19-21)12-7-3-2-4-8-12/h5-6,9-10,12,14,21H,2-4,7-8H2,1H3,(H2,17,19)(H,18,20). The molecule has 0 radical (unpaired) electrons. The molecule has 1 aliphatic rings. The number of nitrogens with zero attached hydrogens (tertiary/aromatic N) is 1. The van der Waals surface area contributed by atoms with Gasteiger partial charge in [0.1, 0.15) is 0 Å². The Morgan fingerprint density at radius 1 is 1.38 bits per heavy atom. The van der Waals surface area contributed by atoms with Crippen molar-refractivity contribution >= 4 is 11.7 Å². The van der Waals surface area contributed by atoms with E-state index in [1.807, 2.05) is 25.1 Å². The molecule has 21 heavy (non-hydrogen) atoms. The molecular formula is C16H23N3O2. The number of amides is 1. The summed E-state index contributed by atoms with van der Waals surface area (Å²) in [5.41, 5.74) is 7.42. The van der Waals surface area contributed by atoms with Gasteiger partial charge < -0.3 is 16.3 Å². The molecular weight excluding hydrogens is 266 g/mol. The highest BCUT2D eigenvalue weighted by atomic mass is 16.4. The predicted octanol–water partition coefficient (Wildman–Crippen LogP) is 2.42. The molecule has 0 spiro atoms. The Bertz CT molecular complexity index is 522. The van der Waals surface area contributed by atoms with Crippen molar-refractivity contribution in [2.75, 3.05) is 0 Å². The van der Waals surface area contributed by atoms with E-state index in [-0.39, 0.29) is 17.7 Å². The number of nitrogens with two attached hydrogens (primary N) is 1. The molecule has 1 atom stereocenters. The molecule has 0 saturated heterocycles. The minimum atomic E-state index is -0.400. The Balaban J connectivity index is 2.12. The number of amidine groups is 1. The monoisotopic (exact) mass is 289 g/mol. The lowest BCUT2D eigenvalue weighted by molar-refractivity contribution is 0.0930. The van der Waals surface area contributed by atoms with E-state index in [2.05, 4.69) is 10.5 Å². The number of hydrogen-bond donors (Lipinski definition) is 3. The lowest BCUT2D eigenvalue weighted by Crippen LogP contribution is -2.49. The summed E-state index contributed by atoms with van der Waals surface area (Å²) in [4.78, 5) is 12.4. The lowest BCUT2D eigenvalue weighted by Gasteiger charge is -2.30. The van der Waals surface area contributed by atoms with Crippen LogP contribution in [-0.2, 0) is 0 Å². The van der Waals surface area contributed by atoms with Crippen molar-refractivity contribution in [1.29, 1.82) is 0 Å². The SMILES string of the molecule is Cc1cccc(C(=O)NC(/C(N)=N/O)C2CCCCC2)c1. The Morgan fingerprint density at radius 3 is 2.71 bits per heavy atom. The lowest BCUT2D eigenvalue weighted by atomic mass is 9.83. The molecule has 0 bridgehead atoms. The Labute approximate surface area is 125 Å². The maximum atomic E-state index is 12.4. The molecule has 1 aromatic carbocycles. The van der Waals surface area contributed by atoms with E-state index in [0.717, 1.165) is 31.2 Å². The second-order valence-electron chi connectivity index (χ2n) is 5.74. The predicted molar refractivity (Wildman–Crippen MR) is 82.4 cm³/mol. The van der Waals surface area contributed by atoms with Gasteiger partial charge in [0.15, 0.2) is 5.84 Å². The van der Waals surface area contributed by atoms with Gasteiger partial charge in [0, 0.05) is 5.56 Å². The third-order valence-electron chi connectivity index (χ3n) is 4.12. The van der Waals surface area contributed by atoms with Gasteiger partial charge in [-0.15, -0.1) is 0 Å². The van der Waals surface area contributed by atoms with Crippen LogP contribution in [0, 0.1) is 12.8 Å². The summed E-state index contributed by atoms with van der Waals surface area (Å²) in [7, 11) is 0. The van der Waals surface area contributed by atoms with Crippen LogP contribution in [0.5, 0.6) is 0 Å². The van der Waals surface area contributed by atoms with E-state index in [1.165, 1.54) is 6.42 Å². The number of aryl methyl sites for hydroxylation is 1. The van der Waals surface area contributed by atoms with E-state index >= 15 is 0 Å². The zero-order chi connectivity index (χ0) is 15.2. The molecule has 1 amide bonds. The zero-order valence-electron chi connectivity index (χ0n) is 12.4. The number of hydrogen-bond acceptors (Lipinski definition) is 3. The van der Waals surface area contributed by atoms with E-state index in [1.54, 1.807) is 6.07 Å². The summed E-state index contributed by atoms with van der Waals surface area (Å²) in [6.07, 6.45) is 5.45. The van der Waals surface area contributed by atoms with Crippen molar-refractivity contribution in [1.82, 2.24) is 5.32 Å². The molecule has 2 rings (SSSR count). The molecule has 0 aromatic heterocycles. The van der Waals surface area contributed by atoms with E-state index in [0.29, 0.717) is 5.56 Å². The van der Waals surface area contributed by atoms with Crippen molar-refractivity contribution in [3.05, 3.63) is 35.4 Å². The number of nitrogens with one attached hydrogen (secondary N) is 1. The molecule has 0 aliphatic heterocycles. The first-order valence-electron chi connectivity index (χ1n) is 7.46. The number of carbonyl (C=O) groups is 1. The van der Waals surface area contributed by atoms with E-state index in [4.69, 9.17) is 10.9 Å². The van der Waals surface area contributed by atoms with E-state index in [9.17, 15) is 4.79 Å². The molecule has 1 aliphatic carbocycles. The largest absolute Gasteiger partial charge is 0.409 e. The summed E-state index contributed by atoms with van der Waals surface area (Å²) in [5, 5.41) is 15.0. The van der Waals surface area contributed by atoms with Gasteiger partial charge >= 0.3 is 0 Å². The van der Waals surface area contributed by atoms with Crippen LogP contribution in [0.15, 0.2) is 29.4 Å². The number of rotatable bonds is 4. The Morgan fingerprint density at radius 2 is 2.10 bits per heavy atom. The maximum Gasteiger partial charge on any atom is 0.251 e. The summed E-state index contributed by atoms with van der Waals surface area (Å²) < 4.78 is 0. The van der Waals surface area contributed by atoms with Gasteiger partial charge in [-0.05, 0) is 37.8 Å². The minimum Gasteiger partial charge on any atom is -0.409 e. The quantitative estimate of drug-likeness (QED) is 0.344. The van der Waals surface area contributed by atoms with Gasteiger partial charge in [-0.2, -0.15) is 0 Å². The van der Waals surface area contributed by atoms with Crippen LogP contribution in [0.25, 0.3) is 0 Å². The molecule has 1 saturated carbocycles. The molecule has 1 fully saturated rings. The fraction of sp³-hybridized carbons (Fsp3) is 0.500. The third-order valence-corrected chi connectivity index (χ3v) is 4.12. The molecule has 5 heteroatoms. The van der Waals surface area contributed by atoms with Gasteiger partial charge in [0.05, 0.1) is 6.04 Å². The van der Waals surface area contributed by atoms with Crippen LogP contribution in [0.2, 0.25) is 0 Å². The fourth-order valence-electron chi connectivity index (χ4n) is 2.97. The van der Waals surface area contributed by atoms with Gasteiger partial charge in [-0.3, -0.25) is 4.79 Å². The molecule has 0 heterocycles. The maximum absolute atomic E-state index is 12.4. The highest BCUT2D eigenvalue weighted by molar-refractivity contribution is 5.98. The average molecular weight is 289 g/mol. The van der Waals surface area contributed by atoms with Crippen LogP contribution in [0.4, 0.5) is 0 Å². The van der Waals surface area contributed by atoms with E-state index < -0.39 is 6.04 Å². The van der Waals surface area contributed by atoms with Crippen LogP contribution < -0.4 is 11.1 Å². The fourth-order valence-corrected chi connectivity index (χ4v) is 2.97. The summed E-state index contributed by atoms with van der Waals surface area (Å²) in [6, 6.07) is 7.00. The Kier molecular flexibility index (Phi) is 5.20. The average Bonchev–Trinajstić information content (AvgIpc) is 2.52. The van der Waals surface area contributed by atoms with Crippen molar-refractivity contribution in [3.8, 4) is 0 Å². The number of oxime groups is 1. The molecule has 4 N–H and O–H groups in total. The van der Waals surface area contributed by atoms with Crippen molar-refractivity contribution in [2.45, 2.75) is 45.1 Å². The van der Waals surface area contributed by atoms with Crippen molar-refractivity contribution in [3.63, 3.8) is 0 Å². The molecule has 1 unspecified atom stereocenters.